The minimum absolute atomic E-state index is 0.0191. The molecule has 1 amide bonds. The van der Waals surface area contributed by atoms with Crippen molar-refractivity contribution >= 4 is 36.0 Å². The van der Waals surface area contributed by atoms with Crippen LogP contribution in [0.3, 0.4) is 0 Å². The fourth-order valence-electron chi connectivity index (χ4n) is 1.88. The van der Waals surface area contributed by atoms with Gasteiger partial charge in [-0.25, -0.2) is 9.59 Å². The van der Waals surface area contributed by atoms with Crippen molar-refractivity contribution < 1.29 is 19.1 Å². The lowest BCUT2D eigenvalue weighted by Gasteiger charge is -2.20. The molecule has 1 heterocycles. The SMILES string of the molecule is COC(=O)c1cc(C)c(CC[C@H](S)CNC(=O)OC(C)(C)C)s1. The number of methoxy groups -OCH3 is 1. The first-order valence-corrected chi connectivity index (χ1v) is 8.78. The molecule has 0 spiro atoms. The third-order valence-corrected chi connectivity index (χ3v) is 4.71. The Morgan fingerprint density at radius 2 is 2.04 bits per heavy atom. The summed E-state index contributed by atoms with van der Waals surface area (Å²) in [5.74, 6) is -0.307. The van der Waals surface area contributed by atoms with Crippen LogP contribution in [-0.2, 0) is 15.9 Å². The Balaban J connectivity index is 2.42. The Bertz CT molecular complexity index is 549. The first kappa shape index (κ1) is 19.8. The van der Waals surface area contributed by atoms with Gasteiger partial charge in [-0.1, -0.05) is 0 Å². The van der Waals surface area contributed by atoms with Crippen LogP contribution in [-0.4, -0.2) is 36.6 Å². The van der Waals surface area contributed by atoms with Crippen molar-refractivity contribution in [3.63, 3.8) is 0 Å². The zero-order chi connectivity index (χ0) is 17.6. The highest BCUT2D eigenvalue weighted by molar-refractivity contribution is 7.81. The number of thiophene rings is 1. The number of carbonyl (C=O) groups is 2. The van der Waals surface area contributed by atoms with Crippen molar-refractivity contribution in [1.82, 2.24) is 5.32 Å². The molecule has 0 saturated carbocycles. The van der Waals surface area contributed by atoms with E-state index in [-0.39, 0.29) is 11.2 Å². The lowest BCUT2D eigenvalue weighted by Crippen LogP contribution is -2.35. The van der Waals surface area contributed by atoms with Crippen LogP contribution in [0.15, 0.2) is 6.07 Å². The number of alkyl carbamates (subject to hydrolysis) is 1. The van der Waals surface area contributed by atoms with Gasteiger partial charge in [-0.05, 0) is 52.2 Å². The number of rotatable bonds is 6. The van der Waals surface area contributed by atoms with E-state index in [1.54, 1.807) is 0 Å². The molecule has 0 aliphatic rings. The quantitative estimate of drug-likeness (QED) is 0.602. The zero-order valence-electron chi connectivity index (χ0n) is 14.3. The Hall–Kier alpha value is -1.21. The Morgan fingerprint density at radius 3 is 2.61 bits per heavy atom. The van der Waals surface area contributed by atoms with Gasteiger partial charge in [0, 0.05) is 16.7 Å². The van der Waals surface area contributed by atoms with Crippen LogP contribution in [0.25, 0.3) is 0 Å². The molecule has 0 aliphatic carbocycles. The Labute approximate surface area is 147 Å². The highest BCUT2D eigenvalue weighted by atomic mass is 32.1. The molecule has 1 rings (SSSR count). The van der Waals surface area contributed by atoms with Gasteiger partial charge in [-0.2, -0.15) is 12.6 Å². The second kappa shape index (κ2) is 8.59. The molecule has 0 aliphatic heterocycles. The molecule has 0 radical (unpaired) electrons. The highest BCUT2D eigenvalue weighted by Crippen LogP contribution is 2.24. The van der Waals surface area contributed by atoms with Crippen LogP contribution in [0.2, 0.25) is 0 Å². The van der Waals surface area contributed by atoms with Crippen LogP contribution in [0.5, 0.6) is 0 Å². The maximum Gasteiger partial charge on any atom is 0.407 e. The van der Waals surface area contributed by atoms with Crippen LogP contribution in [0, 0.1) is 6.92 Å². The van der Waals surface area contributed by atoms with Crippen LogP contribution >= 0.6 is 24.0 Å². The van der Waals surface area contributed by atoms with Gasteiger partial charge in [0.15, 0.2) is 0 Å². The fourth-order valence-corrected chi connectivity index (χ4v) is 3.21. The predicted octanol–water partition coefficient (Wildman–Crippen LogP) is 3.60. The number of ether oxygens (including phenoxy) is 2. The second-order valence-corrected chi connectivity index (χ2v) is 8.15. The van der Waals surface area contributed by atoms with E-state index < -0.39 is 11.7 Å². The normalized spacial score (nSPS) is 12.6. The van der Waals surface area contributed by atoms with Crippen molar-refractivity contribution in [3.8, 4) is 0 Å². The molecule has 130 valence electrons. The van der Waals surface area contributed by atoms with E-state index in [2.05, 4.69) is 17.9 Å². The molecule has 1 aromatic rings. The van der Waals surface area contributed by atoms with Crippen molar-refractivity contribution in [3.05, 3.63) is 21.4 Å². The van der Waals surface area contributed by atoms with Gasteiger partial charge in [-0.15, -0.1) is 11.3 Å². The molecule has 0 aromatic carbocycles. The third kappa shape index (κ3) is 7.26. The topological polar surface area (TPSA) is 64.6 Å². The number of aryl methyl sites for hydroxylation is 2. The molecule has 0 unspecified atom stereocenters. The lowest BCUT2D eigenvalue weighted by molar-refractivity contribution is 0.0526. The minimum atomic E-state index is -0.505. The first-order chi connectivity index (χ1) is 10.6. The number of hydrogen-bond donors (Lipinski definition) is 2. The number of amides is 1. The van der Waals surface area contributed by atoms with Gasteiger partial charge < -0.3 is 14.8 Å². The largest absolute Gasteiger partial charge is 0.465 e. The average Bonchev–Trinajstić information content (AvgIpc) is 2.81. The molecule has 0 saturated heterocycles. The zero-order valence-corrected chi connectivity index (χ0v) is 16.0. The number of nitrogens with one attached hydrogen (secondary N) is 1. The van der Waals surface area contributed by atoms with E-state index in [0.717, 1.165) is 23.3 Å². The maximum atomic E-state index is 11.6. The molecule has 5 nitrogen and oxygen atoms in total. The molecular weight excluding hydrogens is 334 g/mol. The van der Waals surface area contributed by atoms with Gasteiger partial charge in [0.05, 0.1) is 7.11 Å². The third-order valence-electron chi connectivity index (χ3n) is 2.99. The second-order valence-electron chi connectivity index (χ2n) is 6.28. The van der Waals surface area contributed by atoms with Gasteiger partial charge in [0.25, 0.3) is 0 Å². The molecular formula is C16H25NO4S2. The van der Waals surface area contributed by atoms with Crippen molar-refractivity contribution in [2.24, 2.45) is 0 Å². The summed E-state index contributed by atoms with van der Waals surface area (Å²) in [6, 6.07) is 1.85. The monoisotopic (exact) mass is 359 g/mol. The minimum Gasteiger partial charge on any atom is -0.465 e. The smallest absolute Gasteiger partial charge is 0.407 e. The molecule has 1 atom stereocenters. The molecule has 0 fully saturated rings. The summed E-state index contributed by atoms with van der Waals surface area (Å²) in [4.78, 5) is 24.9. The van der Waals surface area contributed by atoms with Crippen LogP contribution in [0.1, 0.15) is 47.3 Å². The van der Waals surface area contributed by atoms with E-state index in [1.165, 1.54) is 18.4 Å². The summed E-state index contributed by atoms with van der Waals surface area (Å²) in [5.41, 5.74) is 0.574. The van der Waals surface area contributed by atoms with Crippen molar-refractivity contribution in [2.75, 3.05) is 13.7 Å². The van der Waals surface area contributed by atoms with Crippen LogP contribution in [0.4, 0.5) is 4.79 Å². The molecule has 1 N–H and O–H groups in total. The summed E-state index contributed by atoms with van der Waals surface area (Å²) in [6.45, 7) is 7.88. The summed E-state index contributed by atoms with van der Waals surface area (Å²) in [7, 11) is 1.38. The summed E-state index contributed by atoms with van der Waals surface area (Å²) in [5, 5.41) is 2.73. The average molecular weight is 360 g/mol. The van der Waals surface area contributed by atoms with Gasteiger partial charge in [0.1, 0.15) is 10.5 Å². The molecule has 23 heavy (non-hydrogen) atoms. The number of esters is 1. The first-order valence-electron chi connectivity index (χ1n) is 7.45. The fraction of sp³-hybridized carbons (Fsp3) is 0.625. The van der Waals surface area contributed by atoms with Crippen LogP contribution < -0.4 is 5.32 Å². The van der Waals surface area contributed by atoms with E-state index in [4.69, 9.17) is 9.47 Å². The van der Waals surface area contributed by atoms with Crippen molar-refractivity contribution in [1.29, 1.82) is 0 Å². The molecule has 7 heteroatoms. The van der Waals surface area contributed by atoms with E-state index in [9.17, 15) is 9.59 Å². The maximum absolute atomic E-state index is 11.6. The standard InChI is InChI=1S/C16H25NO4S2/c1-10-8-13(14(18)20-5)23-12(10)7-6-11(22)9-17-15(19)21-16(2,3)4/h8,11,22H,6-7,9H2,1-5H3,(H,17,19)/t11-/m0/s1. The van der Waals surface area contributed by atoms with Gasteiger partial charge in [0.2, 0.25) is 0 Å². The molecule has 0 bridgehead atoms. The van der Waals surface area contributed by atoms with E-state index in [1.807, 2.05) is 33.8 Å². The number of thiol groups is 1. The van der Waals surface area contributed by atoms with E-state index in [0.29, 0.717) is 11.4 Å². The molecule has 1 aromatic heterocycles. The number of hydrogen-bond acceptors (Lipinski definition) is 6. The Morgan fingerprint density at radius 1 is 1.39 bits per heavy atom. The lowest BCUT2D eigenvalue weighted by atomic mass is 10.1. The predicted molar refractivity (Wildman–Crippen MR) is 95.7 cm³/mol. The summed E-state index contributed by atoms with van der Waals surface area (Å²) < 4.78 is 9.91. The van der Waals surface area contributed by atoms with Gasteiger partial charge in [-0.3, -0.25) is 0 Å². The summed E-state index contributed by atoms with van der Waals surface area (Å²) in [6.07, 6.45) is 1.16. The van der Waals surface area contributed by atoms with Crippen molar-refractivity contribution in [2.45, 2.75) is 51.4 Å². The summed E-state index contributed by atoms with van der Waals surface area (Å²) >= 11 is 5.94. The number of carbonyl (C=O) groups excluding carboxylic acids is 2. The Kier molecular flexibility index (Phi) is 7.41. The van der Waals surface area contributed by atoms with E-state index >= 15 is 0 Å². The highest BCUT2D eigenvalue weighted by Gasteiger charge is 2.17. The van der Waals surface area contributed by atoms with Gasteiger partial charge >= 0.3 is 12.1 Å².